The van der Waals surface area contributed by atoms with Crippen LogP contribution in [0.4, 0.5) is 0 Å². The Morgan fingerprint density at radius 2 is 1.93 bits per heavy atom. The zero-order valence-corrected chi connectivity index (χ0v) is 17.8. The van der Waals surface area contributed by atoms with Crippen molar-refractivity contribution in [2.75, 3.05) is 34.2 Å². The van der Waals surface area contributed by atoms with Gasteiger partial charge in [-0.15, -0.1) is 0 Å². The van der Waals surface area contributed by atoms with Crippen LogP contribution in [0.15, 0.2) is 29.3 Å². The van der Waals surface area contributed by atoms with Crippen LogP contribution in [0, 0.1) is 5.92 Å². The second-order valence-electron chi connectivity index (χ2n) is 7.33. The number of hydrogen-bond acceptors (Lipinski definition) is 2. The highest BCUT2D eigenvalue weighted by molar-refractivity contribution is 5.94. The van der Waals surface area contributed by atoms with Crippen molar-refractivity contribution < 1.29 is 4.79 Å². The van der Waals surface area contributed by atoms with E-state index >= 15 is 0 Å². The summed E-state index contributed by atoms with van der Waals surface area (Å²) in [4.78, 5) is 18.0. The number of unbranched alkanes of at least 4 members (excludes halogenated alkanes) is 1. The molecule has 0 aromatic heterocycles. The molecule has 0 spiro atoms. The first-order chi connectivity index (χ1) is 13.0. The van der Waals surface area contributed by atoms with Gasteiger partial charge in [0.15, 0.2) is 5.96 Å². The number of amides is 1. The van der Waals surface area contributed by atoms with E-state index in [0.29, 0.717) is 5.92 Å². The van der Waals surface area contributed by atoms with Crippen molar-refractivity contribution in [3.05, 3.63) is 35.4 Å². The lowest BCUT2D eigenvalue weighted by molar-refractivity contribution is 0.0827. The fraction of sp³-hybridized carbons (Fsp3) is 0.636. The number of carbonyl (C=O) groups is 1. The van der Waals surface area contributed by atoms with E-state index in [-0.39, 0.29) is 5.91 Å². The molecule has 0 aliphatic carbocycles. The van der Waals surface area contributed by atoms with Gasteiger partial charge in [-0.2, -0.15) is 0 Å². The molecule has 1 atom stereocenters. The summed E-state index contributed by atoms with van der Waals surface area (Å²) in [5, 5.41) is 6.86. The summed E-state index contributed by atoms with van der Waals surface area (Å²) >= 11 is 0. The van der Waals surface area contributed by atoms with E-state index in [1.807, 2.05) is 25.2 Å². The highest BCUT2D eigenvalue weighted by Gasteiger charge is 2.09. The molecule has 0 saturated carbocycles. The molecule has 152 valence electrons. The summed E-state index contributed by atoms with van der Waals surface area (Å²) in [6.07, 6.45) is 7.16. The lowest BCUT2D eigenvalue weighted by Gasteiger charge is -2.19. The van der Waals surface area contributed by atoms with Crippen LogP contribution >= 0.6 is 0 Å². The molecule has 0 fully saturated rings. The van der Waals surface area contributed by atoms with E-state index in [4.69, 9.17) is 0 Å². The van der Waals surface area contributed by atoms with Crippen LogP contribution in [0.1, 0.15) is 61.9 Å². The maximum atomic E-state index is 12.1. The number of aliphatic imine (C=N–C) groups is 1. The smallest absolute Gasteiger partial charge is 0.253 e. The largest absolute Gasteiger partial charge is 0.356 e. The highest BCUT2D eigenvalue weighted by atomic mass is 16.2. The first-order valence-electron chi connectivity index (χ1n) is 10.3. The summed E-state index contributed by atoms with van der Waals surface area (Å²) in [7, 11) is 5.36. The Morgan fingerprint density at radius 1 is 1.15 bits per heavy atom. The maximum Gasteiger partial charge on any atom is 0.253 e. The monoisotopic (exact) mass is 374 g/mol. The number of benzene rings is 1. The zero-order valence-electron chi connectivity index (χ0n) is 17.8. The minimum Gasteiger partial charge on any atom is -0.356 e. The molecule has 0 bridgehead atoms. The maximum absolute atomic E-state index is 12.1. The van der Waals surface area contributed by atoms with Gasteiger partial charge >= 0.3 is 0 Å². The summed E-state index contributed by atoms with van der Waals surface area (Å²) < 4.78 is 0. The Morgan fingerprint density at radius 3 is 2.56 bits per heavy atom. The summed E-state index contributed by atoms with van der Waals surface area (Å²) in [6.45, 7) is 6.26. The third-order valence-electron chi connectivity index (χ3n) is 4.73. The third kappa shape index (κ3) is 8.94. The van der Waals surface area contributed by atoms with Crippen molar-refractivity contribution >= 4 is 11.9 Å². The molecule has 0 aliphatic rings. The number of nitrogens with one attached hydrogen (secondary N) is 2. The molecule has 0 heterocycles. The highest BCUT2D eigenvalue weighted by Crippen LogP contribution is 2.13. The molecule has 1 aromatic carbocycles. The van der Waals surface area contributed by atoms with Crippen LogP contribution < -0.4 is 10.6 Å². The SMILES string of the molecule is CCCCC(CCC)CNC(=NC)NCCc1cccc(C(=O)N(C)C)c1. The van der Waals surface area contributed by atoms with Gasteiger partial charge in [0, 0.05) is 39.8 Å². The van der Waals surface area contributed by atoms with Gasteiger partial charge in [0.25, 0.3) is 5.91 Å². The molecule has 5 heteroatoms. The Balaban J connectivity index is 2.47. The molecule has 0 radical (unpaired) electrons. The minimum atomic E-state index is 0.0383. The van der Waals surface area contributed by atoms with Crippen LogP contribution in [0.3, 0.4) is 0 Å². The fourth-order valence-electron chi connectivity index (χ4n) is 3.15. The van der Waals surface area contributed by atoms with E-state index in [0.717, 1.165) is 36.6 Å². The van der Waals surface area contributed by atoms with Gasteiger partial charge in [-0.1, -0.05) is 45.2 Å². The molecular weight excluding hydrogens is 336 g/mol. The van der Waals surface area contributed by atoms with Gasteiger partial charge in [0.05, 0.1) is 0 Å². The quantitative estimate of drug-likeness (QED) is 0.459. The summed E-state index contributed by atoms with van der Waals surface area (Å²) in [6, 6.07) is 7.85. The third-order valence-corrected chi connectivity index (χ3v) is 4.73. The van der Waals surface area contributed by atoms with Crippen LogP contribution in [0.25, 0.3) is 0 Å². The van der Waals surface area contributed by atoms with Crippen molar-refractivity contribution in [2.24, 2.45) is 10.9 Å². The first-order valence-corrected chi connectivity index (χ1v) is 10.3. The average Bonchev–Trinajstić information content (AvgIpc) is 2.67. The van der Waals surface area contributed by atoms with Crippen molar-refractivity contribution in [1.82, 2.24) is 15.5 Å². The normalized spacial score (nSPS) is 12.6. The lowest BCUT2D eigenvalue weighted by Crippen LogP contribution is -2.40. The summed E-state index contributed by atoms with van der Waals surface area (Å²) in [5.41, 5.74) is 1.88. The number of guanidine groups is 1. The van der Waals surface area contributed by atoms with Gasteiger partial charge in [0.1, 0.15) is 0 Å². The van der Waals surface area contributed by atoms with Crippen LogP contribution in [0.2, 0.25) is 0 Å². The standard InChI is InChI=1S/C22H38N4O/c1-6-8-11-19(10-7-2)17-25-22(23-3)24-15-14-18-12-9-13-20(16-18)21(27)26(4)5/h9,12-13,16,19H,6-8,10-11,14-15,17H2,1-5H3,(H2,23,24,25). The van der Waals surface area contributed by atoms with Crippen molar-refractivity contribution in [2.45, 2.75) is 52.4 Å². The van der Waals surface area contributed by atoms with Gasteiger partial charge in [-0.3, -0.25) is 9.79 Å². The zero-order chi connectivity index (χ0) is 20.1. The van der Waals surface area contributed by atoms with Crippen molar-refractivity contribution in [3.63, 3.8) is 0 Å². The molecule has 27 heavy (non-hydrogen) atoms. The predicted octanol–water partition coefficient (Wildman–Crippen LogP) is 3.70. The van der Waals surface area contributed by atoms with Crippen molar-refractivity contribution in [1.29, 1.82) is 0 Å². The van der Waals surface area contributed by atoms with E-state index in [9.17, 15) is 4.79 Å². The Kier molecular flexibility index (Phi) is 11.2. The lowest BCUT2D eigenvalue weighted by atomic mass is 9.97. The molecular formula is C22H38N4O. The molecule has 2 N–H and O–H groups in total. The molecule has 5 nitrogen and oxygen atoms in total. The molecule has 0 saturated heterocycles. The van der Waals surface area contributed by atoms with E-state index in [1.54, 1.807) is 19.0 Å². The van der Waals surface area contributed by atoms with E-state index < -0.39 is 0 Å². The Bertz CT molecular complexity index is 583. The van der Waals surface area contributed by atoms with Crippen LogP contribution in [0.5, 0.6) is 0 Å². The molecule has 1 aromatic rings. The summed E-state index contributed by atoms with van der Waals surface area (Å²) in [5.74, 6) is 1.60. The molecule has 1 rings (SSSR count). The predicted molar refractivity (Wildman–Crippen MR) is 115 cm³/mol. The van der Waals surface area contributed by atoms with Crippen LogP contribution in [-0.4, -0.2) is 51.0 Å². The van der Waals surface area contributed by atoms with Crippen molar-refractivity contribution in [3.8, 4) is 0 Å². The fourth-order valence-corrected chi connectivity index (χ4v) is 3.15. The topological polar surface area (TPSA) is 56.7 Å². The van der Waals surface area contributed by atoms with Gasteiger partial charge in [0.2, 0.25) is 0 Å². The molecule has 1 unspecified atom stereocenters. The first kappa shape index (κ1) is 23.0. The Hall–Kier alpha value is -2.04. The second kappa shape index (κ2) is 13.2. The molecule has 0 aliphatic heterocycles. The number of rotatable bonds is 11. The number of nitrogens with zero attached hydrogens (tertiary/aromatic N) is 2. The van der Waals surface area contributed by atoms with Gasteiger partial charge in [-0.25, -0.2) is 0 Å². The second-order valence-corrected chi connectivity index (χ2v) is 7.33. The number of hydrogen-bond donors (Lipinski definition) is 2. The average molecular weight is 375 g/mol. The Labute approximate surface area is 165 Å². The van der Waals surface area contributed by atoms with E-state index in [2.05, 4.69) is 35.5 Å². The number of carbonyl (C=O) groups excluding carboxylic acids is 1. The molecule has 1 amide bonds. The van der Waals surface area contributed by atoms with Gasteiger partial charge in [-0.05, 0) is 42.9 Å². The van der Waals surface area contributed by atoms with Crippen LogP contribution in [-0.2, 0) is 6.42 Å². The van der Waals surface area contributed by atoms with Gasteiger partial charge < -0.3 is 15.5 Å². The van der Waals surface area contributed by atoms with E-state index in [1.165, 1.54) is 32.1 Å². The minimum absolute atomic E-state index is 0.0383.